The number of hydrogen-bond acceptors (Lipinski definition) is 2. The summed E-state index contributed by atoms with van der Waals surface area (Å²) in [4.78, 5) is 24.5. The molecule has 1 aromatic carbocycles. The molecule has 126 valence electrons. The average Bonchev–Trinajstić information content (AvgIpc) is 3.06. The fourth-order valence-electron chi connectivity index (χ4n) is 3.84. The van der Waals surface area contributed by atoms with E-state index in [1.807, 2.05) is 26.0 Å². The topological polar surface area (TPSA) is 66.4 Å². The molecule has 4 atom stereocenters. The van der Waals surface area contributed by atoms with Crippen LogP contribution in [0.5, 0.6) is 0 Å². The summed E-state index contributed by atoms with van der Waals surface area (Å²) < 4.78 is 0. The first kappa shape index (κ1) is 17.1. The Morgan fingerprint density at radius 3 is 2.21 bits per heavy atom. The van der Waals surface area contributed by atoms with Crippen LogP contribution in [0.25, 0.3) is 0 Å². The third kappa shape index (κ3) is 2.74. The number of hydrogen-bond donors (Lipinski definition) is 2. The van der Waals surface area contributed by atoms with Gasteiger partial charge >= 0.3 is 5.97 Å². The number of aliphatic carboxylic acids is 1. The molecular weight excluding hydrogens is 349 g/mol. The van der Waals surface area contributed by atoms with Crippen molar-refractivity contribution in [1.82, 2.24) is 0 Å². The van der Waals surface area contributed by atoms with Crippen LogP contribution in [0.2, 0.25) is 10.0 Å². The third-order valence-electron chi connectivity index (χ3n) is 4.76. The number of fused-ring (bicyclic) bond motifs is 2. The van der Waals surface area contributed by atoms with E-state index < -0.39 is 17.8 Å². The quantitative estimate of drug-likeness (QED) is 0.780. The fourth-order valence-corrected chi connectivity index (χ4v) is 4.14. The van der Waals surface area contributed by atoms with Crippen molar-refractivity contribution in [3.8, 4) is 0 Å². The van der Waals surface area contributed by atoms with E-state index in [1.165, 1.54) is 0 Å². The van der Waals surface area contributed by atoms with Crippen LogP contribution in [-0.2, 0) is 9.59 Å². The zero-order chi connectivity index (χ0) is 17.6. The van der Waals surface area contributed by atoms with Gasteiger partial charge in [0.15, 0.2) is 0 Å². The Bertz CT molecular complexity index is 780. The first-order valence-electron chi connectivity index (χ1n) is 7.65. The lowest BCUT2D eigenvalue weighted by Crippen LogP contribution is -2.36. The molecule has 2 aliphatic rings. The van der Waals surface area contributed by atoms with E-state index in [9.17, 15) is 14.7 Å². The van der Waals surface area contributed by atoms with Crippen LogP contribution in [0.1, 0.15) is 13.8 Å². The molecule has 0 aromatic heterocycles. The SMILES string of the molecule is CC(C)=C1[C@H]2C=C[C@@H]1[C@H](C(=O)O)[C@@H]2C(=O)Nc1ccc(Cl)c(Cl)c1. The molecular formula is C18H17Cl2NO3. The van der Waals surface area contributed by atoms with Gasteiger partial charge in [-0.05, 0) is 32.0 Å². The summed E-state index contributed by atoms with van der Waals surface area (Å²) in [5.41, 5.74) is 2.63. The van der Waals surface area contributed by atoms with Crippen LogP contribution in [0.4, 0.5) is 5.69 Å². The maximum Gasteiger partial charge on any atom is 0.308 e. The second kappa shape index (κ2) is 6.26. The number of halogens is 2. The highest BCUT2D eigenvalue weighted by atomic mass is 35.5. The molecule has 1 saturated carbocycles. The molecule has 2 N–H and O–H groups in total. The van der Waals surface area contributed by atoms with Crippen molar-refractivity contribution in [2.24, 2.45) is 23.7 Å². The van der Waals surface area contributed by atoms with Crippen LogP contribution in [0.3, 0.4) is 0 Å². The zero-order valence-electron chi connectivity index (χ0n) is 13.2. The van der Waals surface area contributed by atoms with E-state index in [1.54, 1.807) is 18.2 Å². The number of carboxylic acids is 1. The number of amides is 1. The molecule has 0 radical (unpaired) electrons. The van der Waals surface area contributed by atoms with Gasteiger partial charge in [-0.3, -0.25) is 9.59 Å². The molecule has 4 nitrogen and oxygen atoms in total. The van der Waals surface area contributed by atoms with Gasteiger partial charge in [0.1, 0.15) is 0 Å². The lowest BCUT2D eigenvalue weighted by atomic mass is 9.82. The molecule has 6 heteroatoms. The smallest absolute Gasteiger partial charge is 0.308 e. The third-order valence-corrected chi connectivity index (χ3v) is 5.50. The van der Waals surface area contributed by atoms with E-state index in [0.29, 0.717) is 15.7 Å². The number of allylic oxidation sites excluding steroid dienone is 4. The summed E-state index contributed by atoms with van der Waals surface area (Å²) in [6.07, 6.45) is 3.86. The van der Waals surface area contributed by atoms with Crippen LogP contribution in [0, 0.1) is 23.7 Å². The molecule has 1 fully saturated rings. The molecule has 0 unspecified atom stereocenters. The maximum absolute atomic E-state index is 12.8. The van der Waals surface area contributed by atoms with Gasteiger partial charge in [0.2, 0.25) is 5.91 Å². The summed E-state index contributed by atoms with van der Waals surface area (Å²) >= 11 is 11.8. The normalized spacial score (nSPS) is 27.4. The monoisotopic (exact) mass is 365 g/mol. The summed E-state index contributed by atoms with van der Waals surface area (Å²) in [7, 11) is 0. The summed E-state index contributed by atoms with van der Waals surface area (Å²) in [6, 6.07) is 4.80. The lowest BCUT2D eigenvalue weighted by molar-refractivity contribution is -0.146. The van der Waals surface area contributed by atoms with Crippen molar-refractivity contribution in [2.75, 3.05) is 5.32 Å². The van der Waals surface area contributed by atoms with Crippen molar-refractivity contribution in [3.05, 3.63) is 51.5 Å². The molecule has 0 heterocycles. The average molecular weight is 366 g/mol. The van der Waals surface area contributed by atoms with Crippen molar-refractivity contribution in [3.63, 3.8) is 0 Å². The van der Waals surface area contributed by atoms with E-state index >= 15 is 0 Å². The van der Waals surface area contributed by atoms with Crippen LogP contribution in [-0.4, -0.2) is 17.0 Å². The van der Waals surface area contributed by atoms with Gasteiger partial charge in [-0.15, -0.1) is 0 Å². The molecule has 3 rings (SSSR count). The summed E-state index contributed by atoms with van der Waals surface area (Å²) in [5, 5.41) is 13.1. The summed E-state index contributed by atoms with van der Waals surface area (Å²) in [5.74, 6) is -2.99. The largest absolute Gasteiger partial charge is 0.481 e. The van der Waals surface area contributed by atoms with Gasteiger partial charge in [0, 0.05) is 17.5 Å². The predicted octanol–water partition coefficient (Wildman–Crippen LogP) is 4.40. The number of anilines is 1. The first-order chi connectivity index (χ1) is 11.3. The van der Waals surface area contributed by atoms with Gasteiger partial charge in [0.25, 0.3) is 0 Å². The van der Waals surface area contributed by atoms with Crippen molar-refractivity contribution < 1.29 is 14.7 Å². The first-order valence-corrected chi connectivity index (χ1v) is 8.41. The lowest BCUT2D eigenvalue weighted by Gasteiger charge is -2.23. The second-order valence-electron chi connectivity index (χ2n) is 6.40. The second-order valence-corrected chi connectivity index (χ2v) is 7.21. The molecule has 1 amide bonds. The van der Waals surface area contributed by atoms with Crippen molar-refractivity contribution >= 4 is 40.8 Å². The fraction of sp³-hybridized carbons (Fsp3) is 0.333. The van der Waals surface area contributed by atoms with E-state index in [2.05, 4.69) is 5.32 Å². The molecule has 1 aromatic rings. The van der Waals surface area contributed by atoms with Gasteiger partial charge < -0.3 is 10.4 Å². The Hall–Kier alpha value is -1.78. The van der Waals surface area contributed by atoms with Crippen LogP contribution < -0.4 is 5.32 Å². The Morgan fingerprint density at radius 2 is 1.67 bits per heavy atom. The van der Waals surface area contributed by atoms with E-state index in [0.717, 1.165) is 11.1 Å². The minimum atomic E-state index is -0.945. The Kier molecular flexibility index (Phi) is 4.45. The maximum atomic E-state index is 12.8. The van der Waals surface area contributed by atoms with Gasteiger partial charge in [-0.1, -0.05) is 46.5 Å². The highest BCUT2D eigenvalue weighted by Crippen LogP contribution is 2.53. The zero-order valence-corrected chi connectivity index (χ0v) is 14.7. The summed E-state index contributed by atoms with van der Waals surface area (Å²) in [6.45, 7) is 3.92. The molecule has 2 aliphatic carbocycles. The molecule has 0 saturated heterocycles. The Labute approximate surface area is 150 Å². The molecule has 2 bridgehead atoms. The molecule has 0 aliphatic heterocycles. The minimum absolute atomic E-state index is 0.163. The highest BCUT2D eigenvalue weighted by molar-refractivity contribution is 6.42. The van der Waals surface area contributed by atoms with E-state index in [4.69, 9.17) is 23.2 Å². The number of rotatable bonds is 3. The van der Waals surface area contributed by atoms with Crippen molar-refractivity contribution in [1.29, 1.82) is 0 Å². The van der Waals surface area contributed by atoms with Crippen molar-refractivity contribution in [2.45, 2.75) is 13.8 Å². The number of carboxylic acid groups (broad SMARTS) is 1. The number of nitrogens with one attached hydrogen (secondary N) is 1. The predicted molar refractivity (Wildman–Crippen MR) is 94.2 cm³/mol. The highest BCUT2D eigenvalue weighted by Gasteiger charge is 2.54. The van der Waals surface area contributed by atoms with Gasteiger partial charge in [-0.2, -0.15) is 0 Å². The van der Waals surface area contributed by atoms with Crippen LogP contribution >= 0.6 is 23.2 Å². The van der Waals surface area contributed by atoms with E-state index in [-0.39, 0.29) is 17.7 Å². The number of carbonyl (C=O) groups is 2. The Morgan fingerprint density at radius 1 is 1.04 bits per heavy atom. The van der Waals surface area contributed by atoms with Gasteiger partial charge in [0.05, 0.1) is 21.9 Å². The minimum Gasteiger partial charge on any atom is -0.481 e. The number of benzene rings is 1. The molecule has 24 heavy (non-hydrogen) atoms. The van der Waals surface area contributed by atoms with Gasteiger partial charge in [-0.25, -0.2) is 0 Å². The Balaban J connectivity index is 1.91. The standard InChI is InChI=1S/C18H17Cl2NO3/c1-8(2)14-10-4-5-11(14)16(18(23)24)15(10)17(22)21-9-3-6-12(19)13(20)7-9/h3-7,10-11,15-16H,1-2H3,(H,21,22)(H,23,24)/t10-,11+,15-,16+/m1/s1. The molecule has 0 spiro atoms. The number of carbonyl (C=O) groups excluding carboxylic acids is 1. The van der Waals surface area contributed by atoms with Crippen LogP contribution in [0.15, 0.2) is 41.5 Å².